The van der Waals surface area contributed by atoms with Crippen molar-refractivity contribution >= 4 is 0 Å². The molecule has 0 spiro atoms. The molecule has 1 unspecified atom stereocenters. The zero-order valence-corrected chi connectivity index (χ0v) is 10.9. The van der Waals surface area contributed by atoms with Crippen LogP contribution >= 0.6 is 0 Å². The summed E-state index contributed by atoms with van der Waals surface area (Å²) in [7, 11) is 0. The molecule has 0 radical (unpaired) electrons. The third-order valence-corrected chi connectivity index (χ3v) is 4.05. The summed E-state index contributed by atoms with van der Waals surface area (Å²) in [6.07, 6.45) is 1.28. The van der Waals surface area contributed by atoms with Crippen molar-refractivity contribution in [2.75, 3.05) is 39.4 Å². The van der Waals surface area contributed by atoms with Crippen molar-refractivity contribution in [3.8, 4) is 0 Å². The van der Waals surface area contributed by atoms with Gasteiger partial charge in [-0.25, -0.2) is 0 Å². The van der Waals surface area contributed by atoms with E-state index in [-0.39, 0.29) is 0 Å². The molecule has 2 heterocycles. The molecule has 2 saturated heterocycles. The largest absolute Gasteiger partial charge is 0.379 e. The maximum absolute atomic E-state index is 5.42. The third-order valence-electron chi connectivity index (χ3n) is 4.05. The molecule has 2 aliphatic heterocycles. The molecule has 1 aromatic rings. The highest BCUT2D eigenvalue weighted by Gasteiger charge is 2.20. The first kappa shape index (κ1) is 12.2. The second-order valence-electron chi connectivity index (χ2n) is 5.28. The molecule has 0 bridgehead atoms. The van der Waals surface area contributed by atoms with Gasteiger partial charge < -0.3 is 10.1 Å². The predicted octanol–water partition coefficient (Wildman–Crippen LogP) is 1.60. The Hall–Kier alpha value is -0.900. The lowest BCUT2D eigenvalue weighted by Crippen LogP contribution is -2.36. The molecule has 3 rings (SSSR count). The second-order valence-corrected chi connectivity index (χ2v) is 5.28. The molecule has 98 valence electrons. The number of nitrogens with one attached hydrogen (secondary N) is 1. The Kier molecular flexibility index (Phi) is 3.93. The van der Waals surface area contributed by atoms with Gasteiger partial charge in [0.1, 0.15) is 0 Å². The average molecular weight is 246 g/mol. The summed E-state index contributed by atoms with van der Waals surface area (Å²) in [6, 6.07) is 8.95. The Morgan fingerprint density at radius 2 is 2.06 bits per heavy atom. The lowest BCUT2D eigenvalue weighted by molar-refractivity contribution is 0.0340. The van der Waals surface area contributed by atoms with E-state index in [0.29, 0.717) is 5.92 Å². The van der Waals surface area contributed by atoms with Crippen molar-refractivity contribution in [2.45, 2.75) is 18.9 Å². The molecule has 0 aliphatic carbocycles. The molecule has 2 aliphatic rings. The SMILES string of the molecule is c1ccc(C2CCNC2)c(CN2CCOCC2)c1. The van der Waals surface area contributed by atoms with E-state index in [1.54, 1.807) is 5.56 Å². The number of nitrogens with zero attached hydrogens (tertiary/aromatic N) is 1. The van der Waals surface area contributed by atoms with E-state index < -0.39 is 0 Å². The van der Waals surface area contributed by atoms with Crippen LogP contribution in [-0.4, -0.2) is 44.3 Å². The zero-order chi connectivity index (χ0) is 12.2. The summed E-state index contributed by atoms with van der Waals surface area (Å²) in [5, 5.41) is 3.47. The Bertz CT molecular complexity index is 382. The van der Waals surface area contributed by atoms with Crippen LogP contribution in [0.4, 0.5) is 0 Å². The summed E-state index contributed by atoms with van der Waals surface area (Å²) in [4.78, 5) is 2.50. The molecule has 3 heteroatoms. The van der Waals surface area contributed by atoms with Crippen LogP contribution in [0, 0.1) is 0 Å². The van der Waals surface area contributed by atoms with E-state index in [0.717, 1.165) is 45.9 Å². The average Bonchev–Trinajstić information content (AvgIpc) is 2.94. The van der Waals surface area contributed by atoms with Crippen LogP contribution in [0.2, 0.25) is 0 Å². The van der Waals surface area contributed by atoms with Gasteiger partial charge in [0.15, 0.2) is 0 Å². The number of ether oxygens (including phenoxy) is 1. The molecule has 0 saturated carbocycles. The van der Waals surface area contributed by atoms with Gasteiger partial charge in [0.05, 0.1) is 13.2 Å². The topological polar surface area (TPSA) is 24.5 Å². The Morgan fingerprint density at radius 1 is 1.22 bits per heavy atom. The fourth-order valence-electron chi connectivity index (χ4n) is 3.00. The molecular formula is C15H22N2O. The van der Waals surface area contributed by atoms with Gasteiger partial charge >= 0.3 is 0 Å². The summed E-state index contributed by atoms with van der Waals surface area (Å²) in [5.41, 5.74) is 3.06. The van der Waals surface area contributed by atoms with Gasteiger partial charge in [0, 0.05) is 26.2 Å². The van der Waals surface area contributed by atoms with Gasteiger partial charge in [-0.15, -0.1) is 0 Å². The predicted molar refractivity (Wildman–Crippen MR) is 72.8 cm³/mol. The lowest BCUT2D eigenvalue weighted by atomic mass is 9.93. The first-order chi connectivity index (χ1) is 8.93. The monoisotopic (exact) mass is 246 g/mol. The fourth-order valence-corrected chi connectivity index (χ4v) is 3.00. The van der Waals surface area contributed by atoms with Gasteiger partial charge in [-0.2, -0.15) is 0 Å². The molecule has 0 aromatic heterocycles. The molecule has 0 amide bonds. The minimum atomic E-state index is 0.710. The summed E-state index contributed by atoms with van der Waals surface area (Å²) in [6.45, 7) is 7.28. The van der Waals surface area contributed by atoms with E-state index in [4.69, 9.17) is 4.74 Å². The van der Waals surface area contributed by atoms with Crippen molar-refractivity contribution in [2.24, 2.45) is 0 Å². The molecular weight excluding hydrogens is 224 g/mol. The molecule has 3 nitrogen and oxygen atoms in total. The van der Waals surface area contributed by atoms with E-state index in [9.17, 15) is 0 Å². The van der Waals surface area contributed by atoms with E-state index in [1.807, 2.05) is 0 Å². The molecule has 1 aromatic carbocycles. The van der Waals surface area contributed by atoms with Crippen LogP contribution in [0.15, 0.2) is 24.3 Å². The Labute approximate surface area is 109 Å². The van der Waals surface area contributed by atoms with Crippen molar-refractivity contribution in [1.29, 1.82) is 0 Å². The van der Waals surface area contributed by atoms with Gasteiger partial charge in [0.2, 0.25) is 0 Å². The van der Waals surface area contributed by atoms with Crippen molar-refractivity contribution in [3.05, 3.63) is 35.4 Å². The van der Waals surface area contributed by atoms with Gasteiger partial charge in [0.25, 0.3) is 0 Å². The van der Waals surface area contributed by atoms with Crippen molar-refractivity contribution in [1.82, 2.24) is 10.2 Å². The first-order valence-corrected chi connectivity index (χ1v) is 7.02. The summed E-state index contributed by atoms with van der Waals surface area (Å²) < 4.78 is 5.42. The van der Waals surface area contributed by atoms with E-state index in [1.165, 1.54) is 12.0 Å². The van der Waals surface area contributed by atoms with Gasteiger partial charge in [-0.1, -0.05) is 24.3 Å². The highest BCUT2D eigenvalue weighted by Crippen LogP contribution is 2.26. The van der Waals surface area contributed by atoms with Crippen molar-refractivity contribution in [3.63, 3.8) is 0 Å². The second kappa shape index (κ2) is 5.83. The maximum atomic E-state index is 5.42. The number of morpholine rings is 1. The zero-order valence-electron chi connectivity index (χ0n) is 10.9. The Morgan fingerprint density at radius 3 is 2.83 bits per heavy atom. The minimum Gasteiger partial charge on any atom is -0.379 e. The van der Waals surface area contributed by atoms with Crippen LogP contribution in [0.25, 0.3) is 0 Å². The van der Waals surface area contributed by atoms with Crippen LogP contribution in [0.3, 0.4) is 0 Å². The van der Waals surface area contributed by atoms with E-state index >= 15 is 0 Å². The number of hydrogen-bond acceptors (Lipinski definition) is 3. The highest BCUT2D eigenvalue weighted by atomic mass is 16.5. The van der Waals surface area contributed by atoms with Crippen molar-refractivity contribution < 1.29 is 4.74 Å². The normalized spacial score (nSPS) is 25.4. The molecule has 1 N–H and O–H groups in total. The molecule has 2 fully saturated rings. The fraction of sp³-hybridized carbons (Fsp3) is 0.600. The highest BCUT2D eigenvalue weighted by molar-refractivity contribution is 5.31. The summed E-state index contributed by atoms with van der Waals surface area (Å²) in [5.74, 6) is 0.710. The Balaban J connectivity index is 1.73. The lowest BCUT2D eigenvalue weighted by Gasteiger charge is -2.28. The van der Waals surface area contributed by atoms with Crippen LogP contribution in [0.1, 0.15) is 23.5 Å². The molecule has 18 heavy (non-hydrogen) atoms. The number of benzene rings is 1. The first-order valence-electron chi connectivity index (χ1n) is 7.02. The maximum Gasteiger partial charge on any atom is 0.0594 e. The number of rotatable bonds is 3. The summed E-state index contributed by atoms with van der Waals surface area (Å²) >= 11 is 0. The quantitative estimate of drug-likeness (QED) is 0.876. The third kappa shape index (κ3) is 2.74. The van der Waals surface area contributed by atoms with Crippen LogP contribution in [-0.2, 0) is 11.3 Å². The standard InChI is InChI=1S/C15H22N2O/c1-2-4-15(13-5-6-16-11-13)14(3-1)12-17-7-9-18-10-8-17/h1-4,13,16H,5-12H2. The van der Waals surface area contributed by atoms with Crippen LogP contribution < -0.4 is 5.32 Å². The molecule has 1 atom stereocenters. The van der Waals surface area contributed by atoms with Gasteiger partial charge in [-0.3, -0.25) is 4.90 Å². The smallest absolute Gasteiger partial charge is 0.0594 e. The van der Waals surface area contributed by atoms with Crippen LogP contribution in [0.5, 0.6) is 0 Å². The number of hydrogen-bond donors (Lipinski definition) is 1. The van der Waals surface area contributed by atoms with Gasteiger partial charge in [-0.05, 0) is 30.0 Å². The van der Waals surface area contributed by atoms with E-state index in [2.05, 4.69) is 34.5 Å². The minimum absolute atomic E-state index is 0.710.